The Morgan fingerprint density at radius 1 is 1.27 bits per heavy atom. The van der Waals surface area contributed by atoms with Crippen LogP contribution in [0, 0.1) is 0 Å². The monoisotopic (exact) mass is 233 g/mol. The molecule has 0 saturated carbocycles. The summed E-state index contributed by atoms with van der Waals surface area (Å²) in [4.78, 5) is -0.0543. The van der Waals surface area contributed by atoms with Crippen molar-refractivity contribution in [3.63, 3.8) is 0 Å². The fourth-order valence-electron chi connectivity index (χ4n) is 0.922. The topological polar surface area (TPSA) is 98.9 Å². The summed E-state index contributed by atoms with van der Waals surface area (Å²) in [5.74, 6) is 5.06. The van der Waals surface area contributed by atoms with Crippen molar-refractivity contribution < 1.29 is 22.5 Å². The lowest BCUT2D eigenvalue weighted by Gasteiger charge is -2.04. The Bertz CT molecular complexity index is 400. The molecule has 0 aromatic heterocycles. The minimum absolute atomic E-state index is 0.0543. The number of hydrogen-bond donors (Lipinski definition) is 2. The van der Waals surface area contributed by atoms with Crippen LogP contribution in [-0.4, -0.2) is 26.7 Å². The molecule has 0 heterocycles. The average Bonchev–Trinajstić information content (AvgIpc) is 2.27. The molecule has 0 fully saturated rings. The van der Waals surface area contributed by atoms with Gasteiger partial charge in [0.25, 0.3) is 0 Å². The van der Waals surface area contributed by atoms with Gasteiger partial charge in [0.2, 0.25) is 0 Å². The number of hydrogen-bond acceptors (Lipinski definition) is 6. The fraction of sp³-hybridized carbons (Fsp3) is 0.250. The van der Waals surface area contributed by atoms with Crippen molar-refractivity contribution in [2.24, 2.45) is 5.90 Å². The number of benzene rings is 1. The first-order chi connectivity index (χ1) is 7.10. The molecule has 0 aliphatic carbocycles. The molecule has 0 atom stereocenters. The SMILES string of the molecule is NOS(=O)(=O)c1ccc(OCCO)cc1. The third kappa shape index (κ3) is 3.17. The van der Waals surface area contributed by atoms with E-state index in [-0.39, 0.29) is 18.1 Å². The number of aliphatic hydroxyl groups is 1. The Morgan fingerprint density at radius 2 is 1.87 bits per heavy atom. The minimum atomic E-state index is -3.86. The smallest absolute Gasteiger partial charge is 0.312 e. The molecule has 6 nitrogen and oxygen atoms in total. The number of rotatable bonds is 5. The summed E-state index contributed by atoms with van der Waals surface area (Å²) in [6.45, 7) is 0.0471. The Labute approximate surface area is 87.3 Å². The first-order valence-corrected chi connectivity index (χ1v) is 5.48. The van der Waals surface area contributed by atoms with Crippen LogP contribution < -0.4 is 10.6 Å². The third-order valence-corrected chi connectivity index (χ3v) is 2.70. The molecule has 84 valence electrons. The molecule has 0 saturated heterocycles. The maximum Gasteiger partial charge on any atom is 0.312 e. The predicted octanol–water partition coefficient (Wildman–Crippen LogP) is -0.363. The highest BCUT2D eigenvalue weighted by molar-refractivity contribution is 7.86. The summed E-state index contributed by atoms with van der Waals surface area (Å²) in [5, 5.41) is 8.49. The van der Waals surface area contributed by atoms with Crippen molar-refractivity contribution in [1.29, 1.82) is 0 Å². The predicted molar refractivity (Wildman–Crippen MR) is 51.5 cm³/mol. The van der Waals surface area contributed by atoms with Crippen LogP contribution in [-0.2, 0) is 14.4 Å². The van der Waals surface area contributed by atoms with E-state index in [4.69, 9.17) is 9.84 Å². The Balaban J connectivity index is 2.81. The van der Waals surface area contributed by atoms with Gasteiger partial charge in [0, 0.05) is 0 Å². The molecule has 0 unspecified atom stereocenters. The highest BCUT2D eigenvalue weighted by atomic mass is 32.2. The maximum absolute atomic E-state index is 11.1. The molecule has 15 heavy (non-hydrogen) atoms. The lowest BCUT2D eigenvalue weighted by Crippen LogP contribution is -2.11. The lowest BCUT2D eigenvalue weighted by molar-refractivity contribution is 0.201. The van der Waals surface area contributed by atoms with Crippen LogP contribution in [0.25, 0.3) is 0 Å². The van der Waals surface area contributed by atoms with Gasteiger partial charge in [-0.15, -0.1) is 0 Å². The molecule has 1 aromatic rings. The van der Waals surface area contributed by atoms with Gasteiger partial charge in [0.1, 0.15) is 12.4 Å². The van der Waals surface area contributed by atoms with Crippen LogP contribution in [0.5, 0.6) is 5.75 Å². The molecule has 1 rings (SSSR count). The molecule has 3 N–H and O–H groups in total. The molecule has 0 aliphatic rings. The van der Waals surface area contributed by atoms with Crippen molar-refractivity contribution in [3.8, 4) is 5.75 Å². The van der Waals surface area contributed by atoms with Gasteiger partial charge in [0.05, 0.1) is 11.5 Å². The summed E-state index contributed by atoms with van der Waals surface area (Å²) in [6, 6.07) is 5.49. The van der Waals surface area contributed by atoms with Gasteiger partial charge in [-0.3, -0.25) is 0 Å². The van der Waals surface area contributed by atoms with Crippen LogP contribution in [0.15, 0.2) is 29.2 Å². The van der Waals surface area contributed by atoms with Crippen molar-refractivity contribution in [2.45, 2.75) is 4.90 Å². The lowest BCUT2D eigenvalue weighted by atomic mass is 10.3. The minimum Gasteiger partial charge on any atom is -0.491 e. The first-order valence-electron chi connectivity index (χ1n) is 4.07. The largest absolute Gasteiger partial charge is 0.491 e. The van der Waals surface area contributed by atoms with E-state index in [0.29, 0.717) is 5.75 Å². The van der Waals surface area contributed by atoms with E-state index in [1.54, 1.807) is 0 Å². The van der Waals surface area contributed by atoms with E-state index < -0.39 is 10.1 Å². The second-order valence-corrected chi connectivity index (χ2v) is 4.17. The highest BCUT2D eigenvalue weighted by Crippen LogP contribution is 2.16. The summed E-state index contributed by atoms with van der Waals surface area (Å²) >= 11 is 0. The second-order valence-electron chi connectivity index (χ2n) is 2.59. The van der Waals surface area contributed by atoms with Crippen LogP contribution in [0.1, 0.15) is 0 Å². The molecule has 0 aliphatic heterocycles. The normalized spacial score (nSPS) is 11.3. The molecular formula is C8H11NO5S. The molecule has 7 heteroatoms. The Morgan fingerprint density at radius 3 is 2.33 bits per heavy atom. The van der Waals surface area contributed by atoms with Gasteiger partial charge in [-0.2, -0.15) is 18.6 Å². The summed E-state index contributed by atoms with van der Waals surface area (Å²) in [6.07, 6.45) is 0. The van der Waals surface area contributed by atoms with Gasteiger partial charge < -0.3 is 9.84 Å². The first kappa shape index (κ1) is 11.9. The average molecular weight is 233 g/mol. The standard InChI is InChI=1S/C8H11NO5S/c9-14-15(11,12)8-3-1-7(2-4-8)13-6-5-10/h1-4,10H,5-6,9H2. The van der Waals surface area contributed by atoms with E-state index in [1.165, 1.54) is 24.3 Å². The van der Waals surface area contributed by atoms with Crippen LogP contribution in [0.2, 0.25) is 0 Å². The highest BCUT2D eigenvalue weighted by Gasteiger charge is 2.12. The van der Waals surface area contributed by atoms with Gasteiger partial charge >= 0.3 is 10.1 Å². The van der Waals surface area contributed by atoms with Gasteiger partial charge in [-0.25, -0.2) is 0 Å². The van der Waals surface area contributed by atoms with Gasteiger partial charge in [0.15, 0.2) is 0 Å². The zero-order valence-electron chi connectivity index (χ0n) is 7.79. The molecule has 1 aromatic carbocycles. The summed E-state index contributed by atoms with van der Waals surface area (Å²) < 4.78 is 31.1. The zero-order chi connectivity index (χ0) is 11.3. The van der Waals surface area contributed by atoms with Crippen molar-refractivity contribution in [2.75, 3.05) is 13.2 Å². The van der Waals surface area contributed by atoms with E-state index >= 15 is 0 Å². The van der Waals surface area contributed by atoms with E-state index in [2.05, 4.69) is 10.2 Å². The molecule has 0 amide bonds. The Hall–Kier alpha value is -1.15. The van der Waals surface area contributed by atoms with Crippen molar-refractivity contribution >= 4 is 10.1 Å². The maximum atomic E-state index is 11.1. The fourth-order valence-corrected chi connectivity index (χ4v) is 1.50. The summed E-state index contributed by atoms with van der Waals surface area (Å²) in [5.41, 5.74) is 0. The molecular weight excluding hydrogens is 222 g/mol. The van der Waals surface area contributed by atoms with Gasteiger partial charge in [-0.1, -0.05) is 0 Å². The molecule has 0 spiro atoms. The van der Waals surface area contributed by atoms with E-state index in [1.807, 2.05) is 0 Å². The Kier molecular flexibility index (Phi) is 4.04. The van der Waals surface area contributed by atoms with Crippen LogP contribution >= 0.6 is 0 Å². The second kappa shape index (κ2) is 5.08. The van der Waals surface area contributed by atoms with Crippen molar-refractivity contribution in [1.82, 2.24) is 0 Å². The van der Waals surface area contributed by atoms with E-state index in [9.17, 15) is 8.42 Å². The zero-order valence-corrected chi connectivity index (χ0v) is 8.61. The van der Waals surface area contributed by atoms with Gasteiger partial charge in [-0.05, 0) is 24.3 Å². The number of nitrogens with two attached hydrogens (primary N) is 1. The van der Waals surface area contributed by atoms with E-state index in [0.717, 1.165) is 0 Å². The van der Waals surface area contributed by atoms with Crippen LogP contribution in [0.4, 0.5) is 0 Å². The molecule has 0 bridgehead atoms. The van der Waals surface area contributed by atoms with Crippen LogP contribution in [0.3, 0.4) is 0 Å². The molecule has 0 radical (unpaired) electrons. The quantitative estimate of drug-likeness (QED) is 0.674. The third-order valence-electron chi connectivity index (χ3n) is 1.60. The number of aliphatic hydroxyl groups excluding tert-OH is 1. The van der Waals surface area contributed by atoms with Crippen molar-refractivity contribution in [3.05, 3.63) is 24.3 Å². The number of ether oxygens (including phenoxy) is 1. The summed E-state index contributed by atoms with van der Waals surface area (Å²) in [7, 11) is -3.86.